The summed E-state index contributed by atoms with van der Waals surface area (Å²) in [7, 11) is 0. The minimum atomic E-state index is -1.30. The lowest BCUT2D eigenvalue weighted by Crippen LogP contribution is -2.62. The SMILES string of the molecule is O=C(N[C@]1(C(=O)O)CCCNC1)OCC1c2ccccc2-c2ccccc21. The monoisotopic (exact) mass is 366 g/mol. The van der Waals surface area contributed by atoms with Crippen molar-refractivity contribution in [3.63, 3.8) is 0 Å². The van der Waals surface area contributed by atoms with Crippen molar-refractivity contribution in [3.8, 4) is 11.1 Å². The van der Waals surface area contributed by atoms with Gasteiger partial charge in [-0.25, -0.2) is 9.59 Å². The number of ether oxygens (including phenoxy) is 1. The second-order valence-electron chi connectivity index (χ2n) is 7.12. The molecule has 1 aliphatic carbocycles. The molecule has 0 unspecified atom stereocenters. The van der Waals surface area contributed by atoms with Crippen molar-refractivity contribution >= 4 is 12.1 Å². The van der Waals surface area contributed by atoms with Crippen LogP contribution in [0.1, 0.15) is 29.9 Å². The molecule has 2 aromatic carbocycles. The standard InChI is InChI=1S/C21H22N2O4/c24-19(25)21(10-5-11-22-13-21)23-20(26)27-12-18-16-8-3-1-6-14(16)15-7-2-4-9-17(15)18/h1-4,6-9,18,22H,5,10-13H2,(H,23,26)(H,24,25)/t21-/m1/s1. The van der Waals surface area contributed by atoms with Gasteiger partial charge in [0.25, 0.3) is 0 Å². The predicted molar refractivity (Wildman–Crippen MR) is 101 cm³/mol. The Morgan fingerprint density at radius 1 is 1.11 bits per heavy atom. The number of rotatable bonds is 4. The molecule has 1 heterocycles. The minimum absolute atomic E-state index is 0.0478. The number of alkyl carbamates (subject to hydrolysis) is 1. The van der Waals surface area contributed by atoms with Gasteiger partial charge in [-0.15, -0.1) is 0 Å². The van der Waals surface area contributed by atoms with Crippen molar-refractivity contribution < 1.29 is 19.4 Å². The Bertz CT molecular complexity index is 828. The lowest BCUT2D eigenvalue weighted by Gasteiger charge is -2.34. The molecule has 2 aromatic rings. The van der Waals surface area contributed by atoms with Crippen molar-refractivity contribution in [3.05, 3.63) is 59.7 Å². The number of hydrogen-bond acceptors (Lipinski definition) is 4. The molecule has 1 saturated heterocycles. The van der Waals surface area contributed by atoms with Gasteiger partial charge in [-0.2, -0.15) is 0 Å². The lowest BCUT2D eigenvalue weighted by molar-refractivity contribution is -0.145. The van der Waals surface area contributed by atoms with Gasteiger partial charge in [0.2, 0.25) is 0 Å². The molecule has 6 nitrogen and oxygen atoms in total. The van der Waals surface area contributed by atoms with Gasteiger partial charge in [-0.05, 0) is 41.6 Å². The molecule has 0 spiro atoms. The Labute approximate surface area is 157 Å². The summed E-state index contributed by atoms with van der Waals surface area (Å²) >= 11 is 0. The van der Waals surface area contributed by atoms with Crippen molar-refractivity contribution in [1.29, 1.82) is 0 Å². The molecule has 0 radical (unpaired) electrons. The molecular formula is C21H22N2O4. The third-order valence-electron chi connectivity index (χ3n) is 5.48. The van der Waals surface area contributed by atoms with Gasteiger partial charge in [0.15, 0.2) is 5.54 Å². The molecule has 4 rings (SSSR count). The summed E-state index contributed by atoms with van der Waals surface area (Å²) in [5.74, 6) is -1.09. The summed E-state index contributed by atoms with van der Waals surface area (Å²) in [5.41, 5.74) is 3.25. The maximum absolute atomic E-state index is 12.4. The largest absolute Gasteiger partial charge is 0.479 e. The zero-order chi connectivity index (χ0) is 18.9. The van der Waals surface area contributed by atoms with Gasteiger partial charge in [0.1, 0.15) is 6.61 Å². The van der Waals surface area contributed by atoms with Gasteiger partial charge < -0.3 is 20.5 Å². The minimum Gasteiger partial charge on any atom is -0.479 e. The highest BCUT2D eigenvalue weighted by Crippen LogP contribution is 2.44. The molecule has 1 fully saturated rings. The number of nitrogens with one attached hydrogen (secondary N) is 2. The van der Waals surface area contributed by atoms with E-state index in [-0.39, 0.29) is 19.1 Å². The maximum atomic E-state index is 12.4. The topological polar surface area (TPSA) is 87.7 Å². The van der Waals surface area contributed by atoms with Crippen LogP contribution in [0.5, 0.6) is 0 Å². The van der Waals surface area contributed by atoms with Crippen molar-refractivity contribution in [2.24, 2.45) is 0 Å². The van der Waals surface area contributed by atoms with Crippen LogP contribution in [0.25, 0.3) is 11.1 Å². The Kier molecular flexibility index (Phi) is 4.58. The van der Waals surface area contributed by atoms with E-state index in [0.717, 1.165) is 28.8 Å². The lowest BCUT2D eigenvalue weighted by atomic mass is 9.90. The molecule has 0 saturated carbocycles. The number of aliphatic carboxylic acids is 1. The van der Waals surface area contributed by atoms with E-state index in [1.165, 1.54) is 0 Å². The van der Waals surface area contributed by atoms with E-state index in [9.17, 15) is 14.7 Å². The first-order valence-corrected chi connectivity index (χ1v) is 9.18. The van der Waals surface area contributed by atoms with E-state index < -0.39 is 17.6 Å². The number of hydrogen-bond donors (Lipinski definition) is 3. The van der Waals surface area contributed by atoms with Crippen LogP contribution in [0.15, 0.2) is 48.5 Å². The first-order chi connectivity index (χ1) is 13.1. The highest BCUT2D eigenvalue weighted by Gasteiger charge is 2.42. The molecule has 1 aliphatic heterocycles. The number of carboxylic acids is 1. The predicted octanol–water partition coefficient (Wildman–Crippen LogP) is 2.73. The average Bonchev–Trinajstić information content (AvgIpc) is 3.01. The Morgan fingerprint density at radius 3 is 2.30 bits per heavy atom. The molecule has 2 aliphatic rings. The van der Waals surface area contributed by atoms with Gasteiger partial charge in [-0.3, -0.25) is 0 Å². The first-order valence-electron chi connectivity index (χ1n) is 9.18. The van der Waals surface area contributed by atoms with E-state index in [1.807, 2.05) is 36.4 Å². The van der Waals surface area contributed by atoms with Gasteiger partial charge in [0, 0.05) is 12.5 Å². The first kappa shape index (κ1) is 17.5. The van der Waals surface area contributed by atoms with Crippen molar-refractivity contribution in [1.82, 2.24) is 10.6 Å². The van der Waals surface area contributed by atoms with Crippen LogP contribution in [0.2, 0.25) is 0 Å². The van der Waals surface area contributed by atoms with E-state index in [0.29, 0.717) is 12.8 Å². The summed E-state index contributed by atoms with van der Waals surface area (Å²) in [5, 5.41) is 15.2. The third kappa shape index (κ3) is 3.17. The molecule has 3 N–H and O–H groups in total. The molecule has 27 heavy (non-hydrogen) atoms. The number of carbonyl (C=O) groups is 2. The number of carboxylic acid groups (broad SMARTS) is 1. The number of benzene rings is 2. The zero-order valence-electron chi connectivity index (χ0n) is 14.9. The number of piperidine rings is 1. The average molecular weight is 366 g/mol. The van der Waals surface area contributed by atoms with Crippen LogP contribution in [0.4, 0.5) is 4.79 Å². The highest BCUT2D eigenvalue weighted by atomic mass is 16.5. The fourth-order valence-corrected chi connectivity index (χ4v) is 4.08. The number of amides is 1. The van der Waals surface area contributed by atoms with Crippen LogP contribution in [0, 0.1) is 0 Å². The molecular weight excluding hydrogens is 344 g/mol. The third-order valence-corrected chi connectivity index (χ3v) is 5.48. The molecule has 1 atom stereocenters. The fourth-order valence-electron chi connectivity index (χ4n) is 4.08. The number of carbonyl (C=O) groups excluding carboxylic acids is 1. The molecule has 0 bridgehead atoms. The van der Waals surface area contributed by atoms with Crippen molar-refractivity contribution in [2.75, 3.05) is 19.7 Å². The Hall–Kier alpha value is -2.86. The summed E-state index contributed by atoms with van der Waals surface area (Å²) in [6.45, 7) is 1.12. The van der Waals surface area contributed by atoms with Crippen molar-refractivity contribution in [2.45, 2.75) is 24.3 Å². The van der Waals surface area contributed by atoms with Gasteiger partial charge >= 0.3 is 12.1 Å². The van der Waals surface area contributed by atoms with Crippen LogP contribution in [0.3, 0.4) is 0 Å². The molecule has 1 amide bonds. The maximum Gasteiger partial charge on any atom is 0.408 e. The number of fused-ring (bicyclic) bond motifs is 3. The Morgan fingerprint density at radius 2 is 1.74 bits per heavy atom. The van der Waals surface area contributed by atoms with Crippen LogP contribution < -0.4 is 10.6 Å². The highest BCUT2D eigenvalue weighted by molar-refractivity contribution is 5.85. The molecule has 140 valence electrons. The second kappa shape index (κ2) is 7.04. The zero-order valence-corrected chi connectivity index (χ0v) is 14.9. The van der Waals surface area contributed by atoms with E-state index in [1.54, 1.807) is 0 Å². The molecule has 6 heteroatoms. The van der Waals surface area contributed by atoms with Gasteiger partial charge in [0.05, 0.1) is 0 Å². The normalized spacial score (nSPS) is 21.2. The van der Waals surface area contributed by atoms with E-state index >= 15 is 0 Å². The van der Waals surface area contributed by atoms with E-state index in [4.69, 9.17) is 4.74 Å². The van der Waals surface area contributed by atoms with Crippen LogP contribution in [-0.2, 0) is 9.53 Å². The summed E-state index contributed by atoms with van der Waals surface area (Å²) < 4.78 is 5.48. The molecule has 0 aromatic heterocycles. The van der Waals surface area contributed by atoms with Gasteiger partial charge in [-0.1, -0.05) is 48.5 Å². The Balaban J connectivity index is 1.49. The van der Waals surface area contributed by atoms with Crippen LogP contribution >= 0.6 is 0 Å². The summed E-state index contributed by atoms with van der Waals surface area (Å²) in [6.07, 6.45) is 0.387. The quantitative estimate of drug-likeness (QED) is 0.774. The summed E-state index contributed by atoms with van der Waals surface area (Å²) in [4.78, 5) is 24.1. The summed E-state index contributed by atoms with van der Waals surface area (Å²) in [6, 6.07) is 16.2. The van der Waals surface area contributed by atoms with E-state index in [2.05, 4.69) is 22.8 Å². The fraction of sp³-hybridized carbons (Fsp3) is 0.333. The smallest absolute Gasteiger partial charge is 0.408 e. The van der Waals surface area contributed by atoms with Crippen LogP contribution in [-0.4, -0.2) is 42.4 Å². The second-order valence-corrected chi connectivity index (χ2v) is 7.12.